The summed E-state index contributed by atoms with van der Waals surface area (Å²) in [4.78, 5) is 10.7. The molecule has 0 radical (unpaired) electrons. The fraction of sp³-hybridized carbons (Fsp3) is 0.857. The molecular formula is C7H12FNO2. The average Bonchev–Trinajstić information content (AvgIpc) is 2.47. The Labute approximate surface area is 73.3 Å². The van der Waals surface area contributed by atoms with Gasteiger partial charge in [-0.3, -0.25) is 0 Å². The van der Waals surface area contributed by atoms with E-state index in [0.29, 0.717) is 0 Å². The molecule has 0 bridgehead atoms. The molecule has 1 fully saturated rings. The Balaban J connectivity index is 2.90. The molecule has 1 rings (SSSR count). The zero-order valence-corrected chi connectivity index (χ0v) is 5.69. The third-order valence-corrected chi connectivity index (χ3v) is 1.27. The van der Waals surface area contributed by atoms with Gasteiger partial charge in [0.1, 0.15) is 12.3 Å². The molecule has 4 heteroatoms. The number of alkyl halides is 1. The van der Waals surface area contributed by atoms with Gasteiger partial charge >= 0.3 is 6.09 Å². The molecule has 0 aromatic carbocycles. The Morgan fingerprint density at radius 2 is 2.73 bits per heavy atom. The first-order valence-electron chi connectivity index (χ1n) is 6.09. The second-order valence-electron chi connectivity index (χ2n) is 2.45. The Hall–Kier alpha value is -0.800. The molecule has 1 saturated heterocycles. The van der Waals surface area contributed by atoms with Crippen molar-refractivity contribution < 1.29 is 22.1 Å². The van der Waals surface area contributed by atoms with Crippen molar-refractivity contribution in [3.63, 3.8) is 0 Å². The van der Waals surface area contributed by atoms with Crippen LogP contribution in [0.3, 0.4) is 0 Å². The molecule has 1 amide bonds. The highest BCUT2D eigenvalue weighted by molar-refractivity contribution is 5.69. The lowest BCUT2D eigenvalue weighted by Gasteiger charge is -2.16. The van der Waals surface area contributed by atoms with Crippen LogP contribution in [0.5, 0.6) is 0 Å². The van der Waals surface area contributed by atoms with E-state index in [1.54, 1.807) is 0 Å². The molecule has 1 aliphatic heterocycles. The van der Waals surface area contributed by atoms with Crippen molar-refractivity contribution in [2.24, 2.45) is 0 Å². The van der Waals surface area contributed by atoms with E-state index in [1.165, 1.54) is 0 Å². The standard InChI is InChI=1S/C7H12FNO2/c1-7(2,8)3-5-4-11-6(10)9-5/h5H,3-4H2,1-2H3,(H,9,10)/t5-/m0/s1/i1D3,2D3. The van der Waals surface area contributed by atoms with Gasteiger partial charge in [-0.05, 0) is 13.7 Å². The van der Waals surface area contributed by atoms with Crippen LogP contribution in [0.4, 0.5) is 9.18 Å². The molecule has 1 aliphatic rings. The van der Waals surface area contributed by atoms with Gasteiger partial charge in [0.15, 0.2) is 0 Å². The number of hydrogen-bond acceptors (Lipinski definition) is 2. The minimum atomic E-state index is -3.37. The second kappa shape index (κ2) is 2.68. The summed E-state index contributed by atoms with van der Waals surface area (Å²) in [6.07, 6.45) is -1.65. The average molecular weight is 167 g/mol. The predicted octanol–water partition coefficient (Wildman–Crippen LogP) is 1.23. The first-order valence-corrected chi connectivity index (χ1v) is 3.09. The van der Waals surface area contributed by atoms with Crippen molar-refractivity contribution in [2.75, 3.05) is 6.61 Å². The molecule has 1 heterocycles. The van der Waals surface area contributed by atoms with Gasteiger partial charge in [0.2, 0.25) is 0 Å². The van der Waals surface area contributed by atoms with Gasteiger partial charge in [0.25, 0.3) is 0 Å². The van der Waals surface area contributed by atoms with Crippen LogP contribution in [0.1, 0.15) is 28.3 Å². The van der Waals surface area contributed by atoms with Gasteiger partial charge in [-0.15, -0.1) is 0 Å². The molecule has 0 aromatic heterocycles. The van der Waals surface area contributed by atoms with Crippen molar-refractivity contribution in [1.29, 1.82) is 0 Å². The fourth-order valence-electron chi connectivity index (χ4n) is 0.876. The quantitative estimate of drug-likeness (QED) is 0.671. The summed E-state index contributed by atoms with van der Waals surface area (Å²) >= 11 is 0. The van der Waals surface area contributed by atoms with Gasteiger partial charge in [0, 0.05) is 14.6 Å². The summed E-state index contributed by atoms with van der Waals surface area (Å²) in [6, 6.07) is -0.951. The van der Waals surface area contributed by atoms with Crippen LogP contribution in [0, 0.1) is 0 Å². The number of carbonyl (C=O) groups excluding carboxylic acids is 1. The van der Waals surface area contributed by atoms with Crippen LogP contribution in [0.25, 0.3) is 0 Å². The minimum absolute atomic E-state index is 0.239. The van der Waals surface area contributed by atoms with Gasteiger partial charge < -0.3 is 10.1 Å². The molecular weight excluding hydrogens is 149 g/mol. The maximum Gasteiger partial charge on any atom is 0.407 e. The molecule has 1 N–H and O–H groups in total. The lowest BCUT2D eigenvalue weighted by molar-refractivity contribution is 0.163. The highest BCUT2D eigenvalue weighted by Crippen LogP contribution is 2.18. The molecule has 0 unspecified atom stereocenters. The van der Waals surface area contributed by atoms with Crippen molar-refractivity contribution >= 4 is 6.09 Å². The Kier molecular flexibility index (Phi) is 0.801. The number of halogens is 1. The lowest BCUT2D eigenvalue weighted by atomic mass is 10.0. The van der Waals surface area contributed by atoms with Crippen LogP contribution >= 0.6 is 0 Å². The molecule has 3 nitrogen and oxygen atoms in total. The van der Waals surface area contributed by atoms with Crippen molar-refractivity contribution in [3.8, 4) is 0 Å². The Morgan fingerprint density at radius 3 is 3.18 bits per heavy atom. The zero-order chi connectivity index (χ0) is 13.5. The molecule has 0 aliphatic carbocycles. The second-order valence-corrected chi connectivity index (χ2v) is 2.45. The molecule has 64 valence electrons. The smallest absolute Gasteiger partial charge is 0.407 e. The van der Waals surface area contributed by atoms with Crippen LogP contribution in [0.2, 0.25) is 0 Å². The summed E-state index contributed by atoms with van der Waals surface area (Å²) in [5.74, 6) is 0. The van der Waals surface area contributed by atoms with Crippen molar-refractivity contribution in [1.82, 2.24) is 5.32 Å². The summed E-state index contributed by atoms with van der Waals surface area (Å²) in [6.45, 7) is -6.84. The molecule has 11 heavy (non-hydrogen) atoms. The highest BCUT2D eigenvalue weighted by atomic mass is 19.1. The largest absolute Gasteiger partial charge is 0.447 e. The van der Waals surface area contributed by atoms with E-state index in [-0.39, 0.29) is 6.61 Å². The number of carbonyl (C=O) groups is 1. The van der Waals surface area contributed by atoms with Crippen LogP contribution in [-0.4, -0.2) is 24.4 Å². The maximum absolute atomic E-state index is 14.3. The minimum Gasteiger partial charge on any atom is -0.447 e. The van der Waals surface area contributed by atoms with E-state index in [1.807, 2.05) is 0 Å². The number of ether oxygens (including phenoxy) is 1. The molecule has 0 saturated carbocycles. The molecule has 0 spiro atoms. The number of cyclic esters (lactones) is 1. The van der Waals surface area contributed by atoms with Crippen LogP contribution < -0.4 is 5.32 Å². The lowest BCUT2D eigenvalue weighted by Crippen LogP contribution is -2.32. The van der Waals surface area contributed by atoms with Gasteiger partial charge in [-0.1, -0.05) is 0 Å². The van der Waals surface area contributed by atoms with Crippen molar-refractivity contribution in [2.45, 2.75) is 31.8 Å². The van der Waals surface area contributed by atoms with E-state index < -0.39 is 37.9 Å². The fourth-order valence-corrected chi connectivity index (χ4v) is 0.876. The number of amides is 1. The number of rotatable bonds is 2. The topological polar surface area (TPSA) is 38.3 Å². The summed E-state index contributed by atoms with van der Waals surface area (Å²) in [5.41, 5.74) is -3.37. The van der Waals surface area contributed by atoms with Crippen molar-refractivity contribution in [3.05, 3.63) is 0 Å². The summed E-state index contributed by atoms with van der Waals surface area (Å²) < 4.78 is 60.7. The zero-order valence-electron chi connectivity index (χ0n) is 11.7. The van der Waals surface area contributed by atoms with Gasteiger partial charge in [-0.25, -0.2) is 9.18 Å². The number of alkyl carbamates (subject to hydrolysis) is 1. The van der Waals surface area contributed by atoms with E-state index >= 15 is 0 Å². The first-order chi connectivity index (χ1) is 7.47. The van der Waals surface area contributed by atoms with E-state index in [2.05, 4.69) is 10.1 Å². The molecule has 1 atom stereocenters. The molecule has 0 aromatic rings. The predicted molar refractivity (Wildman–Crippen MR) is 38.1 cm³/mol. The monoisotopic (exact) mass is 167 g/mol. The number of hydrogen-bond donors (Lipinski definition) is 1. The first kappa shape index (κ1) is 3.29. The van der Waals surface area contributed by atoms with Crippen LogP contribution in [-0.2, 0) is 4.74 Å². The highest BCUT2D eigenvalue weighted by Gasteiger charge is 2.28. The summed E-state index contributed by atoms with van der Waals surface area (Å²) in [7, 11) is 0. The normalized spacial score (nSPS) is 35.0. The SMILES string of the molecule is [2H]C([2H])([2H])C(F)(C[C@H]1COC(=O)N1)C([2H])([2H])[2H]. The Morgan fingerprint density at radius 1 is 2.00 bits per heavy atom. The van der Waals surface area contributed by atoms with E-state index in [9.17, 15) is 9.18 Å². The van der Waals surface area contributed by atoms with Gasteiger partial charge in [-0.2, -0.15) is 0 Å². The third kappa shape index (κ3) is 2.74. The maximum atomic E-state index is 14.3. The van der Waals surface area contributed by atoms with E-state index in [0.717, 1.165) is 0 Å². The number of nitrogens with one attached hydrogen (secondary N) is 1. The van der Waals surface area contributed by atoms with Gasteiger partial charge in [0.05, 0.1) is 6.04 Å². The third-order valence-electron chi connectivity index (χ3n) is 1.27. The van der Waals surface area contributed by atoms with E-state index in [4.69, 9.17) is 8.22 Å². The summed E-state index contributed by atoms with van der Waals surface area (Å²) in [5, 5.41) is 2.15. The van der Waals surface area contributed by atoms with Crippen LogP contribution in [0.15, 0.2) is 0 Å². The Bertz CT molecular complexity index is 300.